The summed E-state index contributed by atoms with van der Waals surface area (Å²) < 4.78 is 0. The number of hydrogen-bond acceptors (Lipinski definition) is 5. The van der Waals surface area contributed by atoms with Gasteiger partial charge in [0.1, 0.15) is 0 Å². The highest BCUT2D eigenvalue weighted by Gasteiger charge is 2.28. The van der Waals surface area contributed by atoms with Crippen LogP contribution in [-0.2, 0) is 16.0 Å². The van der Waals surface area contributed by atoms with Gasteiger partial charge in [-0.1, -0.05) is 24.3 Å². The number of amides is 2. The molecule has 0 saturated carbocycles. The maximum absolute atomic E-state index is 12.3. The van der Waals surface area contributed by atoms with Gasteiger partial charge in [0.05, 0.1) is 6.04 Å². The van der Waals surface area contributed by atoms with Crippen LogP contribution in [-0.4, -0.2) is 57.0 Å². The molecule has 6 nitrogen and oxygen atoms in total. The lowest BCUT2D eigenvalue weighted by molar-refractivity contribution is -0.139. The fourth-order valence-corrected chi connectivity index (χ4v) is 4.32. The molecule has 0 saturated heterocycles. The van der Waals surface area contributed by atoms with Crippen LogP contribution in [0.4, 0.5) is 5.69 Å². The van der Waals surface area contributed by atoms with Crippen LogP contribution in [0.3, 0.4) is 0 Å². The maximum atomic E-state index is 12.3. The van der Waals surface area contributed by atoms with Crippen LogP contribution < -0.4 is 15.5 Å². The number of carbonyl (C=O) groups excluding carboxylic acids is 2. The van der Waals surface area contributed by atoms with E-state index in [4.69, 9.17) is 0 Å². The van der Waals surface area contributed by atoms with Crippen molar-refractivity contribution in [2.24, 2.45) is 0 Å². The molecule has 1 aromatic carbocycles. The minimum Gasteiger partial charge on any atom is -0.361 e. The van der Waals surface area contributed by atoms with Crippen molar-refractivity contribution in [3.8, 4) is 0 Å². The van der Waals surface area contributed by atoms with Crippen molar-refractivity contribution >= 4 is 28.8 Å². The Labute approximate surface area is 170 Å². The average Bonchev–Trinajstić information content (AvgIpc) is 3.36. The van der Waals surface area contributed by atoms with Crippen molar-refractivity contribution in [1.82, 2.24) is 15.5 Å². The fourth-order valence-electron chi connectivity index (χ4n) is 3.48. The first-order valence-electron chi connectivity index (χ1n) is 9.65. The van der Waals surface area contributed by atoms with Gasteiger partial charge < -0.3 is 20.4 Å². The van der Waals surface area contributed by atoms with Gasteiger partial charge in [-0.05, 0) is 56.6 Å². The topological polar surface area (TPSA) is 64.7 Å². The molecule has 2 aromatic rings. The molecule has 0 unspecified atom stereocenters. The van der Waals surface area contributed by atoms with E-state index in [1.54, 1.807) is 11.3 Å². The summed E-state index contributed by atoms with van der Waals surface area (Å²) in [6.07, 6.45) is 1.81. The summed E-state index contributed by atoms with van der Waals surface area (Å²) in [6, 6.07) is 12.5. The second-order valence-electron chi connectivity index (χ2n) is 7.23. The fraction of sp³-hybridized carbons (Fsp3) is 0.429. The minimum absolute atomic E-state index is 0.0224. The molecule has 2 N–H and O–H groups in total. The lowest BCUT2D eigenvalue weighted by atomic mass is 10.1. The number of nitrogens with one attached hydrogen (secondary N) is 2. The van der Waals surface area contributed by atoms with E-state index in [-0.39, 0.29) is 6.04 Å². The Morgan fingerprint density at radius 2 is 1.93 bits per heavy atom. The summed E-state index contributed by atoms with van der Waals surface area (Å²) in [4.78, 5) is 29.9. The first kappa shape index (κ1) is 20.4. The van der Waals surface area contributed by atoms with E-state index in [1.807, 2.05) is 36.5 Å². The molecule has 2 heterocycles. The van der Waals surface area contributed by atoms with Crippen molar-refractivity contribution in [2.45, 2.75) is 18.9 Å². The Balaban J connectivity index is 1.59. The van der Waals surface area contributed by atoms with Crippen LogP contribution in [0, 0.1) is 0 Å². The normalized spacial score (nSPS) is 14.0. The van der Waals surface area contributed by atoms with E-state index in [1.165, 1.54) is 16.1 Å². The molecule has 150 valence electrons. The molecular formula is C21H28N4O2S. The van der Waals surface area contributed by atoms with Crippen molar-refractivity contribution in [3.05, 3.63) is 52.2 Å². The van der Waals surface area contributed by atoms with E-state index in [9.17, 15) is 9.59 Å². The Kier molecular flexibility index (Phi) is 7.06. The van der Waals surface area contributed by atoms with Gasteiger partial charge in [-0.25, -0.2) is 0 Å². The minimum atomic E-state index is -0.570. The summed E-state index contributed by atoms with van der Waals surface area (Å²) in [5.41, 5.74) is 2.54. The zero-order chi connectivity index (χ0) is 19.9. The van der Waals surface area contributed by atoms with Gasteiger partial charge in [-0.15, -0.1) is 11.3 Å². The van der Waals surface area contributed by atoms with E-state index in [0.717, 1.165) is 25.9 Å². The quantitative estimate of drug-likeness (QED) is 0.526. The van der Waals surface area contributed by atoms with Gasteiger partial charge in [0.25, 0.3) is 0 Å². The zero-order valence-electron chi connectivity index (χ0n) is 16.5. The predicted octanol–water partition coefficient (Wildman–Crippen LogP) is 2.04. The lowest BCUT2D eigenvalue weighted by Crippen LogP contribution is -2.44. The Bertz CT molecular complexity index is 791. The highest BCUT2D eigenvalue weighted by Crippen LogP contribution is 2.36. The number of fused-ring (bicyclic) bond motifs is 1. The largest absolute Gasteiger partial charge is 0.361 e. The SMILES string of the molecule is CN(C)CCCNC(=O)C(=O)NC[C@@H](c1cccs1)N1CCc2ccccc21. The Hall–Kier alpha value is -2.38. The molecule has 28 heavy (non-hydrogen) atoms. The number of benzene rings is 1. The molecule has 7 heteroatoms. The molecule has 3 rings (SSSR count). The second kappa shape index (κ2) is 9.71. The number of nitrogens with zero attached hydrogens (tertiary/aromatic N) is 2. The van der Waals surface area contributed by atoms with Gasteiger partial charge in [-0.2, -0.15) is 0 Å². The number of carbonyl (C=O) groups is 2. The standard InChI is InChI=1S/C21H28N4O2S/c1-24(2)12-6-11-22-20(26)21(27)23-15-18(19-9-5-14-28-19)25-13-10-16-7-3-4-8-17(16)25/h3-5,7-9,14,18H,6,10-13,15H2,1-2H3,(H,22,26)(H,23,27)/t18-/m0/s1. The maximum Gasteiger partial charge on any atom is 0.309 e. The summed E-state index contributed by atoms with van der Waals surface area (Å²) >= 11 is 1.67. The van der Waals surface area contributed by atoms with Crippen LogP contribution in [0.15, 0.2) is 41.8 Å². The predicted molar refractivity (Wildman–Crippen MR) is 114 cm³/mol. The van der Waals surface area contributed by atoms with Gasteiger partial charge in [0.15, 0.2) is 0 Å². The molecule has 1 aliphatic rings. The van der Waals surface area contributed by atoms with E-state index in [0.29, 0.717) is 13.1 Å². The number of hydrogen-bond donors (Lipinski definition) is 2. The summed E-state index contributed by atoms with van der Waals surface area (Å²) in [6.45, 7) is 2.68. The monoisotopic (exact) mass is 400 g/mol. The molecule has 0 aliphatic carbocycles. The molecule has 0 radical (unpaired) electrons. The third kappa shape index (κ3) is 5.11. The van der Waals surface area contributed by atoms with Gasteiger partial charge in [-0.3, -0.25) is 9.59 Å². The van der Waals surface area contributed by atoms with E-state index < -0.39 is 11.8 Å². The summed E-state index contributed by atoms with van der Waals surface area (Å²) in [7, 11) is 3.96. The first-order chi connectivity index (χ1) is 13.6. The lowest BCUT2D eigenvalue weighted by Gasteiger charge is -2.30. The molecule has 1 aliphatic heterocycles. The van der Waals surface area contributed by atoms with Gasteiger partial charge in [0, 0.05) is 30.2 Å². The van der Waals surface area contributed by atoms with Gasteiger partial charge >= 0.3 is 11.8 Å². The van der Waals surface area contributed by atoms with Crippen LogP contribution in [0.25, 0.3) is 0 Å². The van der Waals surface area contributed by atoms with Crippen LogP contribution in [0.1, 0.15) is 22.9 Å². The number of anilines is 1. The Morgan fingerprint density at radius 3 is 2.68 bits per heavy atom. The molecular weight excluding hydrogens is 372 g/mol. The zero-order valence-corrected chi connectivity index (χ0v) is 17.3. The van der Waals surface area contributed by atoms with Crippen LogP contribution in [0.5, 0.6) is 0 Å². The average molecular weight is 401 g/mol. The molecule has 1 aromatic heterocycles. The van der Waals surface area contributed by atoms with Crippen molar-refractivity contribution < 1.29 is 9.59 Å². The third-order valence-electron chi connectivity index (χ3n) is 4.90. The molecule has 0 spiro atoms. The highest BCUT2D eigenvalue weighted by molar-refractivity contribution is 7.10. The number of rotatable bonds is 8. The van der Waals surface area contributed by atoms with Crippen molar-refractivity contribution in [2.75, 3.05) is 45.2 Å². The van der Waals surface area contributed by atoms with Crippen molar-refractivity contribution in [3.63, 3.8) is 0 Å². The molecule has 0 bridgehead atoms. The second-order valence-corrected chi connectivity index (χ2v) is 8.21. The molecule has 0 fully saturated rings. The van der Waals surface area contributed by atoms with Crippen LogP contribution >= 0.6 is 11.3 Å². The third-order valence-corrected chi connectivity index (χ3v) is 5.87. The van der Waals surface area contributed by atoms with Gasteiger partial charge in [0.2, 0.25) is 0 Å². The van der Waals surface area contributed by atoms with E-state index in [2.05, 4.69) is 39.8 Å². The number of para-hydroxylation sites is 1. The van der Waals surface area contributed by atoms with Crippen molar-refractivity contribution in [1.29, 1.82) is 0 Å². The Morgan fingerprint density at radius 1 is 1.14 bits per heavy atom. The number of thiophene rings is 1. The molecule has 1 atom stereocenters. The van der Waals surface area contributed by atoms with Crippen LogP contribution in [0.2, 0.25) is 0 Å². The first-order valence-corrected chi connectivity index (χ1v) is 10.5. The summed E-state index contributed by atoms with van der Waals surface area (Å²) in [5, 5.41) is 7.57. The smallest absolute Gasteiger partial charge is 0.309 e. The summed E-state index contributed by atoms with van der Waals surface area (Å²) in [5.74, 6) is -1.13. The highest BCUT2D eigenvalue weighted by atomic mass is 32.1. The molecule has 2 amide bonds. The van der Waals surface area contributed by atoms with E-state index >= 15 is 0 Å².